The third-order valence-electron chi connectivity index (χ3n) is 7.60. The number of carbonyl (C=O) groups excluding carboxylic acids is 3. The molecule has 176 valence electrons. The van der Waals surface area contributed by atoms with E-state index in [1.807, 2.05) is 78.8 Å². The number of hydrogen-bond acceptors (Lipinski definition) is 4. The fraction of sp³-hybridized carbons (Fsp3) is 0.414. The van der Waals surface area contributed by atoms with Gasteiger partial charge >= 0.3 is 0 Å². The number of Topliss-reactive ketones (excluding diaryl/α,β-unsaturated/α-hetero) is 1. The van der Waals surface area contributed by atoms with Crippen LogP contribution in [0.1, 0.15) is 49.9 Å². The Morgan fingerprint density at radius 1 is 0.824 bits per heavy atom. The lowest BCUT2D eigenvalue weighted by molar-refractivity contribution is -0.132. The molecule has 0 aliphatic carbocycles. The van der Waals surface area contributed by atoms with Crippen molar-refractivity contribution in [2.24, 2.45) is 17.3 Å². The van der Waals surface area contributed by atoms with E-state index in [0.29, 0.717) is 5.69 Å². The Morgan fingerprint density at radius 2 is 1.41 bits per heavy atom. The van der Waals surface area contributed by atoms with E-state index in [-0.39, 0.29) is 23.6 Å². The van der Waals surface area contributed by atoms with Gasteiger partial charge in [0.05, 0.1) is 23.6 Å². The molecule has 3 aliphatic rings. The predicted molar refractivity (Wildman–Crippen MR) is 135 cm³/mol. The molecule has 3 aliphatic heterocycles. The van der Waals surface area contributed by atoms with Gasteiger partial charge in [0.15, 0.2) is 5.78 Å². The second-order valence-electron chi connectivity index (χ2n) is 11.2. The topological polar surface area (TPSA) is 57.7 Å². The summed E-state index contributed by atoms with van der Waals surface area (Å²) in [6.07, 6.45) is 2.09. The van der Waals surface area contributed by atoms with Crippen molar-refractivity contribution in [3.8, 4) is 0 Å². The Bertz CT molecular complexity index is 1280. The van der Waals surface area contributed by atoms with Gasteiger partial charge in [0.1, 0.15) is 6.04 Å². The number of fused-ring (bicyclic) bond motifs is 5. The number of nitrogens with zero attached hydrogens (tertiary/aromatic N) is 2. The van der Waals surface area contributed by atoms with Gasteiger partial charge in [-0.3, -0.25) is 14.4 Å². The van der Waals surface area contributed by atoms with E-state index in [4.69, 9.17) is 0 Å². The summed E-state index contributed by atoms with van der Waals surface area (Å²) in [5, 5.41) is 0. The van der Waals surface area contributed by atoms with Crippen LogP contribution in [0.2, 0.25) is 0 Å². The molecule has 0 saturated carbocycles. The first-order chi connectivity index (χ1) is 15.9. The minimum atomic E-state index is -0.707. The van der Waals surface area contributed by atoms with Gasteiger partial charge < -0.3 is 4.90 Å². The predicted octanol–water partition coefficient (Wildman–Crippen LogP) is 5.01. The minimum absolute atomic E-state index is 0.00638. The van der Waals surface area contributed by atoms with Gasteiger partial charge in [-0.25, -0.2) is 4.90 Å². The standard InChI is InChI=1S/C29H32N2O3/c1-15-8-10-20(18(4)12-15)31-27(33)23-22-14-17(3)19-13-16(2)9-11-21(19)30(22)25(24(23)28(31)34)26(32)29(5,6)7/h8-14,22-25H,1-7H3. The van der Waals surface area contributed by atoms with Gasteiger partial charge in [-0.1, -0.05) is 56.2 Å². The molecule has 34 heavy (non-hydrogen) atoms. The fourth-order valence-corrected chi connectivity index (χ4v) is 5.99. The van der Waals surface area contributed by atoms with Crippen molar-refractivity contribution in [3.05, 3.63) is 64.7 Å². The second-order valence-corrected chi connectivity index (χ2v) is 11.2. The van der Waals surface area contributed by atoms with Crippen molar-refractivity contribution in [2.45, 2.75) is 60.5 Å². The minimum Gasteiger partial charge on any atom is -0.353 e. The molecule has 0 aromatic heterocycles. The van der Waals surface area contributed by atoms with Gasteiger partial charge in [-0.15, -0.1) is 0 Å². The number of aryl methyl sites for hydroxylation is 3. The van der Waals surface area contributed by atoms with Gasteiger partial charge in [0.2, 0.25) is 11.8 Å². The van der Waals surface area contributed by atoms with Crippen LogP contribution >= 0.6 is 0 Å². The lowest BCUT2D eigenvalue weighted by atomic mass is 9.79. The first-order valence-corrected chi connectivity index (χ1v) is 12.0. The maximum atomic E-state index is 14.0. The lowest BCUT2D eigenvalue weighted by Crippen LogP contribution is -2.51. The van der Waals surface area contributed by atoms with Gasteiger partial charge in [-0.05, 0) is 57.0 Å². The van der Waals surface area contributed by atoms with Crippen molar-refractivity contribution < 1.29 is 14.4 Å². The summed E-state index contributed by atoms with van der Waals surface area (Å²) >= 11 is 0. The zero-order valence-corrected chi connectivity index (χ0v) is 21.0. The van der Waals surface area contributed by atoms with Crippen LogP contribution in [-0.4, -0.2) is 29.7 Å². The number of carbonyl (C=O) groups is 3. The average molecular weight is 457 g/mol. The largest absolute Gasteiger partial charge is 0.353 e. The normalized spacial score (nSPS) is 25.8. The Labute approximate surface area is 201 Å². The van der Waals surface area contributed by atoms with Crippen LogP contribution in [0.25, 0.3) is 5.57 Å². The van der Waals surface area contributed by atoms with Gasteiger partial charge in [0, 0.05) is 16.7 Å². The van der Waals surface area contributed by atoms with E-state index in [9.17, 15) is 14.4 Å². The number of rotatable bonds is 2. The molecule has 3 heterocycles. The molecule has 2 saturated heterocycles. The molecule has 5 rings (SSSR count). The van der Waals surface area contributed by atoms with E-state index >= 15 is 0 Å². The Kier molecular flexibility index (Phi) is 4.91. The average Bonchev–Trinajstić information content (AvgIpc) is 3.20. The van der Waals surface area contributed by atoms with Crippen molar-refractivity contribution in [1.29, 1.82) is 0 Å². The highest BCUT2D eigenvalue weighted by Crippen LogP contribution is 2.52. The van der Waals surface area contributed by atoms with Crippen LogP contribution in [0.15, 0.2) is 42.5 Å². The van der Waals surface area contributed by atoms with E-state index in [1.165, 1.54) is 4.90 Å². The number of ketones is 1. The summed E-state index contributed by atoms with van der Waals surface area (Å²) < 4.78 is 0. The summed E-state index contributed by atoms with van der Waals surface area (Å²) in [7, 11) is 0. The van der Waals surface area contributed by atoms with Crippen molar-refractivity contribution in [2.75, 3.05) is 9.80 Å². The molecule has 0 radical (unpaired) electrons. The molecule has 4 atom stereocenters. The highest BCUT2D eigenvalue weighted by Gasteiger charge is 2.65. The Hall–Kier alpha value is -3.21. The summed E-state index contributed by atoms with van der Waals surface area (Å²) in [6.45, 7) is 13.7. The van der Waals surface area contributed by atoms with Crippen LogP contribution in [0.3, 0.4) is 0 Å². The molecular weight excluding hydrogens is 424 g/mol. The van der Waals surface area contributed by atoms with Crippen LogP contribution in [0, 0.1) is 38.0 Å². The van der Waals surface area contributed by atoms with Crippen molar-refractivity contribution in [3.63, 3.8) is 0 Å². The number of amides is 2. The number of benzene rings is 2. The molecule has 2 amide bonds. The van der Waals surface area contributed by atoms with Crippen LogP contribution in [0.5, 0.6) is 0 Å². The number of allylic oxidation sites excluding steroid dienone is 1. The van der Waals surface area contributed by atoms with Crippen LogP contribution in [-0.2, 0) is 14.4 Å². The van der Waals surface area contributed by atoms with Gasteiger partial charge in [0.25, 0.3) is 0 Å². The SMILES string of the molecule is CC1=CC2C3C(=O)N(c4ccc(C)cc4C)C(=O)C3C(C(=O)C(C)(C)C)N2c2ccc(C)cc21. The van der Waals surface area contributed by atoms with Crippen LogP contribution in [0.4, 0.5) is 11.4 Å². The molecule has 2 fully saturated rings. The van der Waals surface area contributed by atoms with Gasteiger partial charge in [-0.2, -0.15) is 0 Å². The molecule has 4 unspecified atom stereocenters. The maximum absolute atomic E-state index is 14.0. The Balaban J connectivity index is 1.69. The lowest BCUT2D eigenvalue weighted by Gasteiger charge is -2.39. The van der Waals surface area contributed by atoms with Crippen LogP contribution < -0.4 is 9.80 Å². The molecule has 5 nitrogen and oxygen atoms in total. The summed E-state index contributed by atoms with van der Waals surface area (Å²) in [4.78, 5) is 45.2. The molecule has 0 N–H and O–H groups in total. The van der Waals surface area contributed by atoms with E-state index in [1.54, 1.807) is 0 Å². The zero-order chi connectivity index (χ0) is 24.7. The third kappa shape index (κ3) is 3.09. The van der Waals surface area contributed by atoms with E-state index in [0.717, 1.165) is 33.5 Å². The highest BCUT2D eigenvalue weighted by molar-refractivity contribution is 6.25. The monoisotopic (exact) mass is 456 g/mol. The summed E-state index contributed by atoms with van der Waals surface area (Å²) in [6, 6.07) is 10.9. The zero-order valence-electron chi connectivity index (χ0n) is 21.0. The number of anilines is 2. The molecule has 0 spiro atoms. The molecule has 5 heteroatoms. The van der Waals surface area contributed by atoms with Crippen molar-refractivity contribution >= 4 is 34.5 Å². The molecule has 2 aromatic carbocycles. The first kappa shape index (κ1) is 22.6. The molecule has 0 bridgehead atoms. The summed E-state index contributed by atoms with van der Waals surface area (Å²) in [5.74, 6) is -1.78. The summed E-state index contributed by atoms with van der Waals surface area (Å²) in [5.41, 5.74) is 6.14. The van der Waals surface area contributed by atoms with E-state index < -0.39 is 23.3 Å². The molecular formula is C29H32N2O3. The second kappa shape index (κ2) is 7.39. The third-order valence-corrected chi connectivity index (χ3v) is 7.60. The maximum Gasteiger partial charge on any atom is 0.240 e. The molecule has 2 aromatic rings. The van der Waals surface area contributed by atoms with E-state index in [2.05, 4.69) is 17.0 Å². The van der Waals surface area contributed by atoms with Crippen molar-refractivity contribution in [1.82, 2.24) is 0 Å². The first-order valence-electron chi connectivity index (χ1n) is 12.0. The number of hydrogen-bond donors (Lipinski definition) is 0. The fourth-order valence-electron chi connectivity index (χ4n) is 5.99. The quantitative estimate of drug-likeness (QED) is 0.597. The smallest absolute Gasteiger partial charge is 0.240 e. The Morgan fingerprint density at radius 3 is 2.03 bits per heavy atom. The highest BCUT2D eigenvalue weighted by atomic mass is 16.2. The number of imide groups is 1.